The molecule has 0 aliphatic carbocycles. The zero-order valence-electron chi connectivity index (χ0n) is 19.5. The molecule has 0 atom stereocenters. The van der Waals surface area contributed by atoms with Crippen molar-refractivity contribution in [2.75, 3.05) is 18.4 Å². The molecule has 0 bridgehead atoms. The molecule has 4 aromatic rings. The van der Waals surface area contributed by atoms with Crippen LogP contribution in [-0.2, 0) is 4.74 Å². The van der Waals surface area contributed by atoms with Gasteiger partial charge in [-0.2, -0.15) is 9.78 Å². The Bertz CT molecular complexity index is 1410. The van der Waals surface area contributed by atoms with E-state index < -0.39 is 11.4 Å². The van der Waals surface area contributed by atoms with E-state index in [1.54, 1.807) is 40.0 Å². The Morgan fingerprint density at radius 2 is 2.09 bits per heavy atom. The molecule has 1 aromatic carbocycles. The topological polar surface area (TPSA) is 115 Å². The van der Waals surface area contributed by atoms with Crippen LogP contribution < -0.4 is 5.32 Å². The summed E-state index contributed by atoms with van der Waals surface area (Å²) in [5.41, 5.74) is 3.41. The molecule has 35 heavy (non-hydrogen) atoms. The van der Waals surface area contributed by atoms with Crippen molar-refractivity contribution < 1.29 is 13.9 Å². The van der Waals surface area contributed by atoms with Crippen molar-refractivity contribution in [2.45, 2.75) is 32.8 Å². The lowest BCUT2D eigenvalue weighted by molar-refractivity contribution is 0.0270. The van der Waals surface area contributed by atoms with Crippen LogP contribution in [0.1, 0.15) is 32.9 Å². The molecule has 1 aliphatic rings. The van der Waals surface area contributed by atoms with Crippen molar-refractivity contribution in [3.63, 3.8) is 0 Å². The van der Waals surface area contributed by atoms with Gasteiger partial charge in [-0.05, 0) is 67.5 Å². The van der Waals surface area contributed by atoms with Gasteiger partial charge in [0, 0.05) is 18.8 Å². The number of benzene rings is 1. The summed E-state index contributed by atoms with van der Waals surface area (Å²) in [6, 6.07) is 6.47. The van der Waals surface area contributed by atoms with Crippen LogP contribution in [0.5, 0.6) is 0 Å². The summed E-state index contributed by atoms with van der Waals surface area (Å²) >= 11 is 0. The number of hydrogen-bond acceptors (Lipinski definition) is 8. The molecule has 180 valence electrons. The van der Waals surface area contributed by atoms with Crippen LogP contribution in [0, 0.1) is 5.82 Å². The molecule has 4 heterocycles. The van der Waals surface area contributed by atoms with Gasteiger partial charge in [-0.25, -0.2) is 18.7 Å². The normalized spacial score (nSPS) is 14.2. The quantitative estimate of drug-likeness (QED) is 0.474. The van der Waals surface area contributed by atoms with Crippen molar-refractivity contribution >= 4 is 28.7 Å². The van der Waals surface area contributed by atoms with Gasteiger partial charge in [0.15, 0.2) is 11.5 Å². The highest BCUT2D eigenvalue weighted by Crippen LogP contribution is 2.28. The summed E-state index contributed by atoms with van der Waals surface area (Å²) in [6.07, 6.45) is 7.06. The predicted molar refractivity (Wildman–Crippen MR) is 126 cm³/mol. The van der Waals surface area contributed by atoms with Crippen LogP contribution >= 0.6 is 0 Å². The number of amides is 1. The third kappa shape index (κ3) is 4.67. The number of hydrogen-bond donors (Lipinski definition) is 1. The van der Waals surface area contributed by atoms with Crippen molar-refractivity contribution in [3.05, 3.63) is 60.6 Å². The van der Waals surface area contributed by atoms with Gasteiger partial charge in [0.1, 0.15) is 17.6 Å². The number of nitrogens with one attached hydrogen (secondary N) is 1. The largest absolute Gasteiger partial charge is 0.444 e. The molecule has 5 rings (SSSR count). The second kappa shape index (κ2) is 8.78. The minimum atomic E-state index is -0.535. The maximum absolute atomic E-state index is 14.6. The fraction of sp³-hybridized carbons (Fsp3) is 0.304. The standard InChI is InChI=1S/C23H24FN9O2/c1-23(2,3)35-22(34)31-10-7-15(8-11-31)20-13-25-21-18(6-9-27-33(20)21)28-16-4-5-19(17(24)12-16)32-14-26-29-30-32/h4-7,9,12-14,28H,8,10-11H2,1-3H3. The van der Waals surface area contributed by atoms with E-state index in [2.05, 4.69) is 30.9 Å². The number of anilines is 2. The van der Waals surface area contributed by atoms with Gasteiger partial charge in [-0.3, -0.25) is 0 Å². The molecule has 0 fully saturated rings. The first-order valence-electron chi connectivity index (χ1n) is 11.1. The third-order valence-corrected chi connectivity index (χ3v) is 5.41. The molecule has 0 saturated heterocycles. The first kappa shape index (κ1) is 22.4. The summed E-state index contributed by atoms with van der Waals surface area (Å²) in [5, 5.41) is 18.4. The van der Waals surface area contributed by atoms with Gasteiger partial charge in [-0.15, -0.1) is 5.10 Å². The molecule has 3 aromatic heterocycles. The maximum Gasteiger partial charge on any atom is 0.410 e. The summed E-state index contributed by atoms with van der Waals surface area (Å²) < 4.78 is 23.1. The van der Waals surface area contributed by atoms with Crippen molar-refractivity contribution in [1.82, 2.24) is 39.7 Å². The van der Waals surface area contributed by atoms with E-state index in [0.717, 1.165) is 11.3 Å². The van der Waals surface area contributed by atoms with E-state index >= 15 is 0 Å². The molecular formula is C23H24FN9O2. The number of fused-ring (bicyclic) bond motifs is 1. The van der Waals surface area contributed by atoms with E-state index in [1.807, 2.05) is 26.8 Å². The molecule has 11 nitrogen and oxygen atoms in total. The first-order chi connectivity index (χ1) is 16.8. The highest BCUT2D eigenvalue weighted by atomic mass is 19.1. The van der Waals surface area contributed by atoms with Crippen LogP contribution in [-0.4, -0.2) is 64.5 Å². The van der Waals surface area contributed by atoms with Crippen LogP contribution in [0.25, 0.3) is 16.9 Å². The van der Waals surface area contributed by atoms with Gasteiger partial charge < -0.3 is 15.0 Å². The van der Waals surface area contributed by atoms with Gasteiger partial charge in [0.25, 0.3) is 0 Å². The second-order valence-corrected chi connectivity index (χ2v) is 9.08. The minimum Gasteiger partial charge on any atom is -0.444 e. The molecule has 1 N–H and O–H groups in total. The summed E-state index contributed by atoms with van der Waals surface area (Å²) in [4.78, 5) is 18.6. The Morgan fingerprint density at radius 3 is 2.77 bits per heavy atom. The highest BCUT2D eigenvalue weighted by Gasteiger charge is 2.25. The Kier molecular flexibility index (Phi) is 5.63. The summed E-state index contributed by atoms with van der Waals surface area (Å²) in [7, 11) is 0. The fourth-order valence-corrected chi connectivity index (χ4v) is 3.80. The average molecular weight is 478 g/mol. The Labute approximate surface area is 200 Å². The van der Waals surface area contributed by atoms with E-state index in [1.165, 1.54) is 17.1 Å². The molecule has 1 amide bonds. The van der Waals surface area contributed by atoms with Gasteiger partial charge >= 0.3 is 6.09 Å². The monoisotopic (exact) mass is 477 g/mol. The number of aromatic nitrogens is 7. The van der Waals surface area contributed by atoms with Crippen LogP contribution in [0.4, 0.5) is 20.6 Å². The van der Waals surface area contributed by atoms with E-state index in [-0.39, 0.29) is 11.8 Å². The SMILES string of the molecule is CC(C)(C)OC(=O)N1CC=C(c2cnc3c(Nc4ccc(-n5cnnn5)c(F)c4)ccnn23)CC1. The molecule has 12 heteroatoms. The predicted octanol–water partition coefficient (Wildman–Crippen LogP) is 3.61. The Morgan fingerprint density at radius 1 is 1.23 bits per heavy atom. The van der Waals surface area contributed by atoms with E-state index in [9.17, 15) is 9.18 Å². The Balaban J connectivity index is 1.36. The molecule has 0 spiro atoms. The highest BCUT2D eigenvalue weighted by molar-refractivity contribution is 5.77. The number of rotatable bonds is 4. The van der Waals surface area contributed by atoms with Gasteiger partial charge in [0.2, 0.25) is 0 Å². The summed E-state index contributed by atoms with van der Waals surface area (Å²) in [6.45, 7) is 6.54. The maximum atomic E-state index is 14.6. The van der Waals surface area contributed by atoms with Crippen LogP contribution in [0.3, 0.4) is 0 Å². The Hall–Kier alpha value is -4.35. The van der Waals surface area contributed by atoms with E-state index in [4.69, 9.17) is 4.74 Å². The van der Waals surface area contributed by atoms with Crippen molar-refractivity contribution in [1.29, 1.82) is 0 Å². The first-order valence-corrected chi connectivity index (χ1v) is 11.1. The number of nitrogens with zero attached hydrogens (tertiary/aromatic N) is 8. The number of imidazole rings is 1. The van der Waals surface area contributed by atoms with E-state index in [0.29, 0.717) is 36.5 Å². The third-order valence-electron chi connectivity index (χ3n) is 5.41. The molecule has 0 radical (unpaired) electrons. The van der Waals surface area contributed by atoms with Crippen molar-refractivity contribution in [2.24, 2.45) is 0 Å². The average Bonchev–Trinajstić information content (AvgIpc) is 3.49. The number of carbonyl (C=O) groups excluding carboxylic acids is 1. The molecular weight excluding hydrogens is 453 g/mol. The minimum absolute atomic E-state index is 0.244. The van der Waals surface area contributed by atoms with Gasteiger partial charge in [-0.1, -0.05) is 6.08 Å². The zero-order valence-corrected chi connectivity index (χ0v) is 19.5. The van der Waals surface area contributed by atoms with Crippen LogP contribution in [0.15, 0.2) is 49.1 Å². The second-order valence-electron chi connectivity index (χ2n) is 9.08. The number of tetrazole rings is 1. The summed E-state index contributed by atoms with van der Waals surface area (Å²) in [5.74, 6) is -0.474. The fourth-order valence-electron chi connectivity index (χ4n) is 3.80. The zero-order chi connectivity index (χ0) is 24.6. The molecule has 0 unspecified atom stereocenters. The molecule has 1 aliphatic heterocycles. The molecule has 0 saturated carbocycles. The lowest BCUT2D eigenvalue weighted by atomic mass is 10.1. The number of carbonyl (C=O) groups is 1. The smallest absolute Gasteiger partial charge is 0.410 e. The lowest BCUT2D eigenvalue weighted by Gasteiger charge is -2.29. The van der Waals surface area contributed by atoms with Gasteiger partial charge in [0.05, 0.1) is 23.8 Å². The number of ether oxygens (including phenoxy) is 1. The lowest BCUT2D eigenvalue weighted by Crippen LogP contribution is -2.39. The van der Waals surface area contributed by atoms with Crippen molar-refractivity contribution in [3.8, 4) is 5.69 Å². The number of halogens is 1. The van der Waals surface area contributed by atoms with Crippen LogP contribution in [0.2, 0.25) is 0 Å².